The lowest BCUT2D eigenvalue weighted by molar-refractivity contribution is 0.324. The Bertz CT molecular complexity index is 1240. The number of hydrogen-bond donors (Lipinski definition) is 3. The summed E-state index contributed by atoms with van der Waals surface area (Å²) in [4.78, 5) is 8.63. The van der Waals surface area contributed by atoms with E-state index >= 15 is 0 Å². The van der Waals surface area contributed by atoms with E-state index < -0.39 is 10.0 Å². The van der Waals surface area contributed by atoms with Crippen LogP contribution < -0.4 is 29.6 Å². The highest BCUT2D eigenvalue weighted by atomic mass is 35.5. The minimum atomic E-state index is -3.49. The molecule has 0 radical (unpaired) electrons. The lowest BCUT2D eigenvalue weighted by Crippen LogP contribution is -2.11. The molecule has 0 atom stereocenters. The first kappa shape index (κ1) is 24.2. The van der Waals surface area contributed by atoms with Crippen LogP contribution in [0.25, 0.3) is 0 Å². The van der Waals surface area contributed by atoms with Gasteiger partial charge in [0, 0.05) is 17.8 Å². The van der Waals surface area contributed by atoms with E-state index in [9.17, 15) is 8.42 Å². The molecular weight excluding hydrogens is 470 g/mol. The quantitative estimate of drug-likeness (QED) is 0.399. The van der Waals surface area contributed by atoms with Gasteiger partial charge in [-0.3, -0.25) is 4.72 Å². The molecule has 0 saturated heterocycles. The van der Waals surface area contributed by atoms with Gasteiger partial charge < -0.3 is 24.8 Å². The van der Waals surface area contributed by atoms with Gasteiger partial charge in [0.15, 0.2) is 17.3 Å². The Morgan fingerprint density at radius 2 is 1.61 bits per heavy atom. The van der Waals surface area contributed by atoms with Crippen molar-refractivity contribution in [1.82, 2.24) is 9.97 Å². The highest BCUT2D eigenvalue weighted by Gasteiger charge is 2.15. The smallest absolute Gasteiger partial charge is 0.229 e. The van der Waals surface area contributed by atoms with Crippen molar-refractivity contribution in [2.24, 2.45) is 0 Å². The number of benzene rings is 2. The summed E-state index contributed by atoms with van der Waals surface area (Å²) in [7, 11) is 1.07. The van der Waals surface area contributed by atoms with Crippen LogP contribution in [-0.2, 0) is 10.0 Å². The van der Waals surface area contributed by atoms with Crippen molar-refractivity contribution in [1.29, 1.82) is 0 Å². The second kappa shape index (κ2) is 10.0. The Kier molecular flexibility index (Phi) is 7.34. The van der Waals surface area contributed by atoms with E-state index in [0.29, 0.717) is 34.3 Å². The zero-order chi connectivity index (χ0) is 24.2. The van der Waals surface area contributed by atoms with Crippen molar-refractivity contribution < 1.29 is 22.6 Å². The van der Waals surface area contributed by atoms with Crippen LogP contribution in [0, 0.1) is 6.92 Å². The van der Waals surface area contributed by atoms with Crippen LogP contribution in [0.5, 0.6) is 17.2 Å². The number of nitrogens with one attached hydrogen (secondary N) is 3. The third-order valence-electron chi connectivity index (χ3n) is 4.39. The Morgan fingerprint density at radius 3 is 2.18 bits per heavy atom. The molecule has 33 heavy (non-hydrogen) atoms. The normalized spacial score (nSPS) is 11.0. The van der Waals surface area contributed by atoms with Crippen LogP contribution in [0.15, 0.2) is 36.5 Å². The molecular formula is C21H24ClN5O5S. The molecule has 0 aliphatic carbocycles. The van der Waals surface area contributed by atoms with Gasteiger partial charge in [-0.25, -0.2) is 13.4 Å². The summed E-state index contributed by atoms with van der Waals surface area (Å²) in [5.41, 5.74) is 2.31. The van der Waals surface area contributed by atoms with Crippen LogP contribution >= 0.6 is 11.6 Å². The molecule has 0 unspecified atom stereocenters. The molecule has 10 nitrogen and oxygen atoms in total. The number of halogens is 1. The topological polar surface area (TPSA) is 124 Å². The van der Waals surface area contributed by atoms with E-state index in [2.05, 4.69) is 25.3 Å². The third-order valence-corrected chi connectivity index (χ3v) is 5.26. The molecule has 12 heteroatoms. The van der Waals surface area contributed by atoms with Crippen molar-refractivity contribution in [3.05, 3.63) is 47.1 Å². The summed E-state index contributed by atoms with van der Waals surface area (Å²) in [6, 6.07) is 8.68. The minimum absolute atomic E-state index is 0.237. The van der Waals surface area contributed by atoms with Crippen LogP contribution in [0.4, 0.5) is 28.8 Å². The number of anilines is 5. The molecule has 176 valence electrons. The summed E-state index contributed by atoms with van der Waals surface area (Å²) < 4.78 is 42.1. The monoisotopic (exact) mass is 493 g/mol. The van der Waals surface area contributed by atoms with Gasteiger partial charge in [0.25, 0.3) is 0 Å². The maximum Gasteiger partial charge on any atom is 0.229 e. The maximum atomic E-state index is 11.8. The van der Waals surface area contributed by atoms with E-state index in [1.807, 2.05) is 13.0 Å². The molecule has 3 rings (SSSR count). The number of methoxy groups -OCH3 is 3. The summed E-state index contributed by atoms with van der Waals surface area (Å²) in [6.07, 6.45) is 2.51. The average molecular weight is 494 g/mol. The number of hydrogen-bond acceptors (Lipinski definition) is 9. The molecule has 0 aliphatic heterocycles. The van der Waals surface area contributed by atoms with Crippen LogP contribution in [0.2, 0.25) is 5.02 Å². The molecule has 0 saturated carbocycles. The SMILES string of the molecule is COc1cc(Nc2ncc(Cl)c(Nc3ccc(C)cc3NS(C)(=O)=O)n2)cc(OC)c1OC. The average Bonchev–Trinajstić information content (AvgIpc) is 2.76. The number of rotatable bonds is 9. The Labute approximate surface area is 197 Å². The van der Waals surface area contributed by atoms with Gasteiger partial charge in [0.05, 0.1) is 45.2 Å². The number of aryl methyl sites for hydroxylation is 1. The molecule has 2 aromatic carbocycles. The van der Waals surface area contributed by atoms with Gasteiger partial charge in [-0.15, -0.1) is 0 Å². The van der Waals surface area contributed by atoms with E-state index in [4.69, 9.17) is 25.8 Å². The van der Waals surface area contributed by atoms with Gasteiger partial charge in [0.1, 0.15) is 5.02 Å². The number of aromatic nitrogens is 2. The summed E-state index contributed by atoms with van der Waals surface area (Å²) in [5.74, 6) is 1.89. The standard InChI is InChI=1S/C21H24ClN5O5S/c1-12-6-7-15(16(8-12)27-33(5,28)29)25-20-14(22)11-23-21(26-20)24-13-9-17(30-2)19(32-4)18(10-13)31-3/h6-11,27H,1-5H3,(H2,23,24,25,26). The lowest BCUT2D eigenvalue weighted by atomic mass is 10.2. The summed E-state index contributed by atoms with van der Waals surface area (Å²) in [5, 5.41) is 6.38. The van der Waals surface area contributed by atoms with Gasteiger partial charge in [-0.1, -0.05) is 17.7 Å². The first-order valence-electron chi connectivity index (χ1n) is 9.58. The molecule has 3 aromatic rings. The predicted octanol–water partition coefficient (Wildman–Crippen LogP) is 4.32. The summed E-state index contributed by atoms with van der Waals surface area (Å²) in [6.45, 7) is 1.86. The van der Waals surface area contributed by atoms with E-state index in [1.165, 1.54) is 27.5 Å². The minimum Gasteiger partial charge on any atom is -0.493 e. The fraction of sp³-hybridized carbons (Fsp3) is 0.238. The highest BCUT2D eigenvalue weighted by Crippen LogP contribution is 2.40. The zero-order valence-electron chi connectivity index (χ0n) is 18.7. The second-order valence-corrected chi connectivity index (χ2v) is 9.13. The highest BCUT2D eigenvalue weighted by molar-refractivity contribution is 7.92. The molecule has 0 aliphatic rings. The first-order valence-corrected chi connectivity index (χ1v) is 11.9. The fourth-order valence-electron chi connectivity index (χ4n) is 2.98. The largest absolute Gasteiger partial charge is 0.493 e. The molecule has 1 aromatic heterocycles. The van der Waals surface area contributed by atoms with E-state index in [-0.39, 0.29) is 16.8 Å². The Hall–Kier alpha value is -3.44. The van der Waals surface area contributed by atoms with Crippen molar-refractivity contribution in [3.63, 3.8) is 0 Å². The first-order chi connectivity index (χ1) is 15.6. The zero-order valence-corrected chi connectivity index (χ0v) is 20.3. The number of ether oxygens (including phenoxy) is 3. The van der Waals surface area contributed by atoms with Crippen LogP contribution in [0.1, 0.15) is 5.56 Å². The Balaban J connectivity index is 1.93. The molecule has 3 N–H and O–H groups in total. The van der Waals surface area contributed by atoms with Crippen molar-refractivity contribution in [2.45, 2.75) is 6.92 Å². The molecule has 0 bridgehead atoms. The van der Waals surface area contributed by atoms with Gasteiger partial charge in [-0.2, -0.15) is 4.98 Å². The van der Waals surface area contributed by atoms with Gasteiger partial charge >= 0.3 is 0 Å². The summed E-state index contributed by atoms with van der Waals surface area (Å²) >= 11 is 6.29. The van der Waals surface area contributed by atoms with Crippen LogP contribution in [-0.4, -0.2) is 46.0 Å². The van der Waals surface area contributed by atoms with E-state index in [1.54, 1.807) is 24.3 Å². The van der Waals surface area contributed by atoms with Crippen molar-refractivity contribution >= 4 is 50.5 Å². The van der Waals surface area contributed by atoms with Crippen LogP contribution in [0.3, 0.4) is 0 Å². The third kappa shape index (κ3) is 6.08. The maximum absolute atomic E-state index is 11.8. The Morgan fingerprint density at radius 1 is 0.939 bits per heavy atom. The predicted molar refractivity (Wildman–Crippen MR) is 129 cm³/mol. The fourth-order valence-corrected chi connectivity index (χ4v) is 3.68. The molecule has 0 spiro atoms. The number of sulfonamides is 1. The van der Waals surface area contributed by atoms with Crippen molar-refractivity contribution in [2.75, 3.05) is 42.9 Å². The van der Waals surface area contributed by atoms with Gasteiger partial charge in [-0.05, 0) is 24.6 Å². The van der Waals surface area contributed by atoms with Crippen molar-refractivity contribution in [3.8, 4) is 17.2 Å². The lowest BCUT2D eigenvalue weighted by Gasteiger charge is -2.16. The van der Waals surface area contributed by atoms with Gasteiger partial charge in [0.2, 0.25) is 21.7 Å². The molecule has 1 heterocycles. The molecule has 0 amide bonds. The number of nitrogens with zero attached hydrogens (tertiary/aromatic N) is 2. The second-order valence-electron chi connectivity index (χ2n) is 6.98. The van der Waals surface area contributed by atoms with E-state index in [0.717, 1.165) is 11.8 Å². The molecule has 0 fully saturated rings.